The van der Waals surface area contributed by atoms with Crippen molar-refractivity contribution in [1.29, 1.82) is 0 Å². The van der Waals surface area contributed by atoms with E-state index in [1.807, 2.05) is 6.07 Å². The van der Waals surface area contributed by atoms with Crippen molar-refractivity contribution in [2.45, 2.75) is 0 Å². The lowest BCUT2D eigenvalue weighted by atomic mass is 10.2. The van der Waals surface area contributed by atoms with Crippen LogP contribution in [0.15, 0.2) is 71.8 Å². The molecule has 0 aliphatic heterocycles. The Bertz CT molecular complexity index is 1150. The van der Waals surface area contributed by atoms with Crippen molar-refractivity contribution in [1.82, 2.24) is 5.43 Å². The number of halogens is 1. The van der Waals surface area contributed by atoms with Gasteiger partial charge in [-0.3, -0.25) is 9.59 Å². The molecule has 3 rings (SSSR count). The van der Waals surface area contributed by atoms with Crippen LogP contribution in [0.25, 0.3) is 0 Å². The Morgan fingerprint density at radius 2 is 1.67 bits per heavy atom. The van der Waals surface area contributed by atoms with Crippen molar-refractivity contribution in [3.63, 3.8) is 0 Å². The molecule has 0 saturated heterocycles. The lowest BCUT2D eigenvalue weighted by Crippen LogP contribution is -2.20. The maximum Gasteiger partial charge on any atom is 0.271 e. The number of hydrazone groups is 1. The first-order valence-corrected chi connectivity index (χ1v) is 10.2. The van der Waals surface area contributed by atoms with E-state index in [0.29, 0.717) is 28.3 Å². The second kappa shape index (κ2) is 11.5. The van der Waals surface area contributed by atoms with Crippen LogP contribution in [0.5, 0.6) is 17.2 Å². The molecule has 2 amide bonds. The van der Waals surface area contributed by atoms with Crippen LogP contribution in [-0.4, -0.2) is 38.9 Å². The third-order valence-corrected chi connectivity index (χ3v) is 4.68. The fraction of sp³-hybridized carbons (Fsp3) is 0.125. The molecule has 0 aliphatic rings. The quantitative estimate of drug-likeness (QED) is 0.364. The fourth-order valence-corrected chi connectivity index (χ4v) is 3.12. The van der Waals surface area contributed by atoms with Gasteiger partial charge in [-0.1, -0.05) is 41.9 Å². The number of nitrogens with zero attached hydrogens (tertiary/aromatic N) is 1. The van der Waals surface area contributed by atoms with Crippen LogP contribution in [-0.2, 0) is 4.79 Å². The number of benzene rings is 3. The topological polar surface area (TPSA) is 98.3 Å². The molecule has 0 fully saturated rings. The molecule has 0 saturated carbocycles. The highest BCUT2D eigenvalue weighted by atomic mass is 35.5. The van der Waals surface area contributed by atoms with Crippen molar-refractivity contribution < 1.29 is 23.8 Å². The first-order valence-electron chi connectivity index (χ1n) is 9.83. The average Bonchev–Trinajstić information content (AvgIpc) is 2.83. The Morgan fingerprint density at radius 1 is 0.970 bits per heavy atom. The number of carbonyl (C=O) groups is 2. The van der Waals surface area contributed by atoms with E-state index in [1.54, 1.807) is 60.7 Å². The summed E-state index contributed by atoms with van der Waals surface area (Å²) in [4.78, 5) is 24.4. The third kappa shape index (κ3) is 6.47. The number of carbonyl (C=O) groups excluding carboxylic acids is 2. The van der Waals surface area contributed by atoms with Crippen molar-refractivity contribution in [3.8, 4) is 17.2 Å². The van der Waals surface area contributed by atoms with E-state index in [2.05, 4.69) is 15.8 Å². The van der Waals surface area contributed by atoms with Gasteiger partial charge in [0.15, 0.2) is 18.1 Å². The molecule has 0 atom stereocenters. The van der Waals surface area contributed by atoms with E-state index in [1.165, 1.54) is 20.4 Å². The van der Waals surface area contributed by atoms with Crippen LogP contribution in [0.2, 0.25) is 5.02 Å². The molecule has 3 aromatic carbocycles. The van der Waals surface area contributed by atoms with E-state index in [-0.39, 0.29) is 23.3 Å². The SMILES string of the molecule is COc1ccccc1NC(=O)COc1c(Cl)cc(/C=N/NC(=O)c2ccccc2)cc1OC. The highest BCUT2D eigenvalue weighted by Crippen LogP contribution is 2.36. The fourth-order valence-electron chi connectivity index (χ4n) is 2.85. The monoisotopic (exact) mass is 467 g/mol. The predicted molar refractivity (Wildman–Crippen MR) is 127 cm³/mol. The van der Waals surface area contributed by atoms with E-state index in [0.717, 1.165) is 0 Å². The van der Waals surface area contributed by atoms with Crippen LogP contribution >= 0.6 is 11.6 Å². The summed E-state index contributed by atoms with van der Waals surface area (Å²) in [6.07, 6.45) is 1.42. The molecular formula is C24H22ClN3O5. The molecule has 3 aromatic rings. The zero-order valence-electron chi connectivity index (χ0n) is 18.0. The van der Waals surface area contributed by atoms with E-state index in [4.69, 9.17) is 25.8 Å². The van der Waals surface area contributed by atoms with Gasteiger partial charge in [-0.2, -0.15) is 5.10 Å². The summed E-state index contributed by atoms with van der Waals surface area (Å²) in [5, 5.41) is 6.88. The van der Waals surface area contributed by atoms with Crippen LogP contribution in [0, 0.1) is 0 Å². The Morgan fingerprint density at radius 3 is 2.39 bits per heavy atom. The second-order valence-corrected chi connectivity index (χ2v) is 7.04. The Balaban J connectivity index is 1.64. The van der Waals surface area contributed by atoms with Gasteiger partial charge in [0.2, 0.25) is 0 Å². The van der Waals surface area contributed by atoms with E-state index in [9.17, 15) is 9.59 Å². The van der Waals surface area contributed by atoms with Crippen LogP contribution in [0.1, 0.15) is 15.9 Å². The Labute approximate surface area is 196 Å². The summed E-state index contributed by atoms with van der Waals surface area (Å²) in [6, 6.07) is 18.9. The largest absolute Gasteiger partial charge is 0.495 e. The number of ether oxygens (including phenoxy) is 3. The Kier molecular flexibility index (Phi) is 8.26. The summed E-state index contributed by atoms with van der Waals surface area (Å²) < 4.78 is 16.2. The average molecular weight is 468 g/mol. The summed E-state index contributed by atoms with van der Waals surface area (Å²) in [5.74, 6) is 0.311. The molecule has 33 heavy (non-hydrogen) atoms. The summed E-state index contributed by atoms with van der Waals surface area (Å²) in [7, 11) is 2.97. The van der Waals surface area contributed by atoms with Crippen molar-refractivity contribution in [2.24, 2.45) is 5.10 Å². The van der Waals surface area contributed by atoms with Gasteiger partial charge in [-0.15, -0.1) is 0 Å². The minimum absolute atomic E-state index is 0.208. The molecule has 0 aliphatic carbocycles. The normalized spacial score (nSPS) is 10.5. The smallest absolute Gasteiger partial charge is 0.271 e. The highest BCUT2D eigenvalue weighted by Gasteiger charge is 2.14. The lowest BCUT2D eigenvalue weighted by Gasteiger charge is -2.14. The van der Waals surface area contributed by atoms with Gasteiger partial charge in [-0.25, -0.2) is 5.43 Å². The number of nitrogens with one attached hydrogen (secondary N) is 2. The number of para-hydroxylation sites is 2. The van der Waals surface area contributed by atoms with Gasteiger partial charge in [0.25, 0.3) is 11.8 Å². The van der Waals surface area contributed by atoms with Crippen molar-refractivity contribution in [3.05, 3.63) is 82.9 Å². The highest BCUT2D eigenvalue weighted by molar-refractivity contribution is 6.32. The van der Waals surface area contributed by atoms with E-state index < -0.39 is 5.91 Å². The van der Waals surface area contributed by atoms with Gasteiger partial charge in [0.1, 0.15) is 5.75 Å². The molecule has 2 N–H and O–H groups in total. The molecular weight excluding hydrogens is 446 g/mol. The van der Waals surface area contributed by atoms with Crippen LogP contribution in [0.4, 0.5) is 5.69 Å². The Hall–Kier alpha value is -4.04. The molecule has 9 heteroatoms. The number of hydrogen-bond acceptors (Lipinski definition) is 6. The van der Waals surface area contributed by atoms with Crippen molar-refractivity contribution in [2.75, 3.05) is 26.1 Å². The zero-order chi connectivity index (χ0) is 23.6. The molecule has 170 valence electrons. The van der Waals surface area contributed by atoms with Gasteiger partial charge in [-0.05, 0) is 42.0 Å². The number of methoxy groups -OCH3 is 2. The van der Waals surface area contributed by atoms with Gasteiger partial charge in [0, 0.05) is 5.56 Å². The zero-order valence-corrected chi connectivity index (χ0v) is 18.8. The molecule has 0 bridgehead atoms. The maximum atomic E-state index is 12.3. The molecule has 0 heterocycles. The van der Waals surface area contributed by atoms with Gasteiger partial charge in [0.05, 0.1) is 31.1 Å². The first-order chi connectivity index (χ1) is 16.0. The molecule has 0 aromatic heterocycles. The van der Waals surface area contributed by atoms with E-state index >= 15 is 0 Å². The first kappa shape index (κ1) is 23.6. The van der Waals surface area contributed by atoms with Crippen LogP contribution < -0.4 is 25.0 Å². The molecule has 0 spiro atoms. The van der Waals surface area contributed by atoms with Gasteiger partial charge >= 0.3 is 0 Å². The standard InChI is InChI=1S/C24H22ClN3O5/c1-31-20-11-7-6-10-19(20)27-22(29)15-33-23-18(25)12-16(13-21(23)32-2)14-26-28-24(30)17-8-4-3-5-9-17/h3-14H,15H2,1-2H3,(H,27,29)(H,28,30)/b26-14+. The number of hydrogen-bond donors (Lipinski definition) is 2. The van der Waals surface area contributed by atoms with Crippen LogP contribution in [0.3, 0.4) is 0 Å². The predicted octanol–water partition coefficient (Wildman–Crippen LogP) is 4.14. The van der Waals surface area contributed by atoms with Crippen molar-refractivity contribution >= 4 is 35.3 Å². The number of amides is 2. The molecule has 8 nitrogen and oxygen atoms in total. The number of rotatable bonds is 9. The minimum atomic E-state index is -0.396. The van der Waals surface area contributed by atoms with Gasteiger partial charge < -0.3 is 19.5 Å². The molecule has 0 unspecified atom stereocenters. The third-order valence-electron chi connectivity index (χ3n) is 4.40. The summed E-state index contributed by atoms with van der Waals surface area (Å²) in [6.45, 7) is -0.297. The lowest BCUT2D eigenvalue weighted by molar-refractivity contribution is -0.118. The maximum absolute atomic E-state index is 12.3. The summed E-state index contributed by atoms with van der Waals surface area (Å²) in [5.41, 5.74) is 4.02. The summed E-state index contributed by atoms with van der Waals surface area (Å²) >= 11 is 6.34. The minimum Gasteiger partial charge on any atom is -0.495 e. The number of anilines is 1. The second-order valence-electron chi connectivity index (χ2n) is 6.64. The molecule has 0 radical (unpaired) electrons.